The van der Waals surface area contributed by atoms with Crippen molar-refractivity contribution in [1.29, 1.82) is 0 Å². The molecule has 0 aliphatic carbocycles. The van der Waals surface area contributed by atoms with Gasteiger partial charge in [0.15, 0.2) is 0 Å². The van der Waals surface area contributed by atoms with Gasteiger partial charge in [0.2, 0.25) is 5.91 Å². The minimum absolute atomic E-state index is 0.00157. The van der Waals surface area contributed by atoms with Crippen molar-refractivity contribution < 1.29 is 14.3 Å². The molecule has 0 radical (unpaired) electrons. The van der Waals surface area contributed by atoms with Gasteiger partial charge >= 0.3 is 0 Å². The van der Waals surface area contributed by atoms with Crippen molar-refractivity contribution in [3.63, 3.8) is 0 Å². The lowest BCUT2D eigenvalue weighted by atomic mass is 9.77. The molecule has 2 heterocycles. The highest BCUT2D eigenvalue weighted by atomic mass is 79.9. The average Bonchev–Trinajstić information content (AvgIpc) is 2.84. The van der Waals surface area contributed by atoms with E-state index in [-0.39, 0.29) is 11.8 Å². The van der Waals surface area contributed by atoms with Gasteiger partial charge in [0.25, 0.3) is 5.91 Å². The van der Waals surface area contributed by atoms with E-state index in [0.717, 1.165) is 49.2 Å². The molecular weight excluding hydrogens is 482 g/mol. The number of likely N-dealkylation sites (N-methyl/N-ethyl adjacent to an activating group) is 1. The van der Waals surface area contributed by atoms with E-state index in [0.29, 0.717) is 31.7 Å². The highest BCUT2D eigenvalue weighted by Crippen LogP contribution is 2.36. The smallest absolute Gasteiger partial charge is 0.255 e. The molecule has 0 bridgehead atoms. The zero-order valence-electron chi connectivity index (χ0n) is 19.2. The number of halogens is 1. The van der Waals surface area contributed by atoms with Crippen molar-refractivity contribution in [1.82, 2.24) is 14.7 Å². The number of piperazine rings is 1. The van der Waals surface area contributed by atoms with Crippen LogP contribution in [0.1, 0.15) is 29.6 Å². The van der Waals surface area contributed by atoms with Crippen LogP contribution in [0.15, 0.2) is 59.1 Å². The molecule has 4 rings (SSSR count). The normalized spacial score (nSPS) is 21.6. The number of piperidine rings is 1. The number of rotatable bonds is 6. The lowest BCUT2D eigenvalue weighted by Gasteiger charge is -2.43. The molecule has 0 spiro atoms. The van der Waals surface area contributed by atoms with Crippen molar-refractivity contribution >= 4 is 27.7 Å². The summed E-state index contributed by atoms with van der Waals surface area (Å²) in [4.78, 5) is 32.8. The minimum atomic E-state index is -0.411. The van der Waals surface area contributed by atoms with Crippen molar-refractivity contribution in [3.05, 3.63) is 64.6 Å². The number of amides is 2. The van der Waals surface area contributed by atoms with Gasteiger partial charge in [0, 0.05) is 55.6 Å². The molecule has 33 heavy (non-hydrogen) atoms. The van der Waals surface area contributed by atoms with Crippen LogP contribution in [0.5, 0.6) is 5.75 Å². The van der Waals surface area contributed by atoms with Crippen LogP contribution in [0.25, 0.3) is 0 Å². The van der Waals surface area contributed by atoms with E-state index in [1.54, 1.807) is 0 Å². The summed E-state index contributed by atoms with van der Waals surface area (Å²) in [5.74, 6) is 0.950. The van der Waals surface area contributed by atoms with Gasteiger partial charge < -0.3 is 19.4 Å². The highest BCUT2D eigenvalue weighted by Gasteiger charge is 2.41. The first-order valence-electron chi connectivity index (χ1n) is 11.6. The van der Waals surface area contributed by atoms with Crippen LogP contribution in [0.4, 0.5) is 0 Å². The van der Waals surface area contributed by atoms with Gasteiger partial charge in [0.05, 0.1) is 12.2 Å². The second-order valence-electron chi connectivity index (χ2n) is 9.27. The first-order valence-corrected chi connectivity index (χ1v) is 12.4. The first-order chi connectivity index (χ1) is 16.0. The summed E-state index contributed by atoms with van der Waals surface area (Å²) < 4.78 is 6.98. The summed E-state index contributed by atoms with van der Waals surface area (Å²) in [6.07, 6.45) is 2.10. The molecule has 2 aliphatic rings. The summed E-state index contributed by atoms with van der Waals surface area (Å²) in [7, 11) is 2.09. The van der Waals surface area contributed by atoms with Crippen LogP contribution in [0.2, 0.25) is 0 Å². The zero-order chi connectivity index (χ0) is 23.3. The number of benzene rings is 2. The Morgan fingerprint density at radius 1 is 0.939 bits per heavy atom. The SMILES string of the molecule is CN1CCN(C(=O)CC2(COc3ccccc3)CCCN(C(=O)c3ccccc3Br)C2)CC1. The summed E-state index contributed by atoms with van der Waals surface area (Å²) in [6, 6.07) is 17.2. The Balaban J connectivity index is 1.53. The minimum Gasteiger partial charge on any atom is -0.493 e. The summed E-state index contributed by atoms with van der Waals surface area (Å²) in [5.41, 5.74) is 0.244. The van der Waals surface area contributed by atoms with Gasteiger partial charge in [-0.1, -0.05) is 30.3 Å². The van der Waals surface area contributed by atoms with Gasteiger partial charge in [-0.3, -0.25) is 9.59 Å². The molecule has 0 saturated carbocycles. The van der Waals surface area contributed by atoms with E-state index in [2.05, 4.69) is 27.9 Å². The van der Waals surface area contributed by atoms with Crippen LogP contribution >= 0.6 is 15.9 Å². The standard InChI is InChI=1S/C26H32BrN3O3/c1-28-14-16-29(17-15-28)24(31)18-26(20-33-21-8-3-2-4-9-21)12-7-13-30(19-26)25(32)22-10-5-6-11-23(22)27/h2-6,8-11H,7,12-20H2,1H3. The molecule has 2 aliphatic heterocycles. The second kappa shape index (κ2) is 10.7. The molecular formula is C26H32BrN3O3. The first kappa shape index (κ1) is 23.8. The Hall–Kier alpha value is -2.38. The summed E-state index contributed by atoms with van der Waals surface area (Å²) in [6.45, 7) is 4.92. The molecule has 2 saturated heterocycles. The Bertz CT molecular complexity index is 962. The fourth-order valence-electron chi connectivity index (χ4n) is 4.74. The third-order valence-corrected chi connectivity index (χ3v) is 7.41. The molecule has 2 aromatic rings. The molecule has 176 valence electrons. The van der Waals surface area contributed by atoms with Crippen molar-refractivity contribution in [2.24, 2.45) is 5.41 Å². The van der Waals surface area contributed by atoms with E-state index in [4.69, 9.17) is 4.74 Å². The van der Waals surface area contributed by atoms with E-state index in [1.165, 1.54) is 0 Å². The van der Waals surface area contributed by atoms with Crippen LogP contribution in [0.3, 0.4) is 0 Å². The zero-order valence-corrected chi connectivity index (χ0v) is 20.8. The number of likely N-dealkylation sites (tertiary alicyclic amines) is 1. The number of carbonyl (C=O) groups excluding carboxylic acids is 2. The quantitative estimate of drug-likeness (QED) is 0.587. The van der Waals surface area contributed by atoms with Gasteiger partial charge in [0.1, 0.15) is 5.75 Å². The summed E-state index contributed by atoms with van der Waals surface area (Å²) in [5, 5.41) is 0. The van der Waals surface area contributed by atoms with E-state index in [9.17, 15) is 9.59 Å². The monoisotopic (exact) mass is 513 g/mol. The summed E-state index contributed by atoms with van der Waals surface area (Å²) >= 11 is 3.51. The topological polar surface area (TPSA) is 53.1 Å². The van der Waals surface area contributed by atoms with Crippen molar-refractivity contribution in [2.75, 3.05) is 52.9 Å². The van der Waals surface area contributed by atoms with Gasteiger partial charge in [-0.25, -0.2) is 0 Å². The van der Waals surface area contributed by atoms with E-state index < -0.39 is 5.41 Å². The number of para-hydroxylation sites is 1. The molecule has 2 amide bonds. The molecule has 0 aromatic heterocycles. The Labute approximate surface area is 204 Å². The number of hydrogen-bond donors (Lipinski definition) is 0. The lowest BCUT2D eigenvalue weighted by molar-refractivity contribution is -0.137. The van der Waals surface area contributed by atoms with Crippen LogP contribution in [-0.4, -0.2) is 79.4 Å². The largest absolute Gasteiger partial charge is 0.493 e. The predicted octanol–water partition coefficient (Wildman–Crippen LogP) is 3.91. The third kappa shape index (κ3) is 5.95. The van der Waals surface area contributed by atoms with E-state index >= 15 is 0 Å². The molecule has 0 N–H and O–H groups in total. The van der Waals surface area contributed by atoms with Crippen molar-refractivity contribution in [3.8, 4) is 5.75 Å². The number of ether oxygens (including phenoxy) is 1. The Morgan fingerprint density at radius 3 is 2.36 bits per heavy atom. The lowest BCUT2D eigenvalue weighted by Crippen LogP contribution is -2.53. The Morgan fingerprint density at radius 2 is 1.64 bits per heavy atom. The van der Waals surface area contributed by atoms with Gasteiger partial charge in [-0.2, -0.15) is 0 Å². The maximum atomic E-state index is 13.4. The molecule has 1 unspecified atom stereocenters. The predicted molar refractivity (Wildman–Crippen MR) is 132 cm³/mol. The van der Waals surface area contributed by atoms with E-state index in [1.807, 2.05) is 64.4 Å². The maximum absolute atomic E-state index is 13.4. The van der Waals surface area contributed by atoms with Crippen molar-refractivity contribution in [2.45, 2.75) is 19.3 Å². The highest BCUT2D eigenvalue weighted by molar-refractivity contribution is 9.10. The van der Waals surface area contributed by atoms with Crippen LogP contribution in [0, 0.1) is 5.41 Å². The molecule has 6 nitrogen and oxygen atoms in total. The Kier molecular flexibility index (Phi) is 7.71. The number of nitrogens with zero attached hydrogens (tertiary/aromatic N) is 3. The molecule has 2 aromatic carbocycles. The van der Waals surface area contributed by atoms with Gasteiger partial charge in [-0.15, -0.1) is 0 Å². The third-order valence-electron chi connectivity index (χ3n) is 6.72. The maximum Gasteiger partial charge on any atom is 0.255 e. The second-order valence-corrected chi connectivity index (χ2v) is 10.1. The fourth-order valence-corrected chi connectivity index (χ4v) is 5.20. The fraction of sp³-hybridized carbons (Fsp3) is 0.462. The number of carbonyl (C=O) groups is 2. The van der Waals surface area contributed by atoms with Crippen LogP contribution < -0.4 is 4.74 Å². The number of hydrogen-bond acceptors (Lipinski definition) is 4. The van der Waals surface area contributed by atoms with Crippen LogP contribution in [-0.2, 0) is 4.79 Å². The molecule has 1 atom stereocenters. The molecule has 2 fully saturated rings. The van der Waals surface area contributed by atoms with Gasteiger partial charge in [-0.05, 0) is 60.1 Å². The molecule has 7 heteroatoms. The average molecular weight is 514 g/mol.